The first-order valence-electron chi connectivity index (χ1n) is 8.13. The lowest BCUT2D eigenvalue weighted by Gasteiger charge is -2.12. The van der Waals surface area contributed by atoms with Gasteiger partial charge in [0.25, 0.3) is 0 Å². The number of esters is 1. The number of hydrazine groups is 1. The van der Waals surface area contributed by atoms with E-state index in [1.54, 1.807) is 6.08 Å². The van der Waals surface area contributed by atoms with E-state index in [2.05, 4.69) is 16.4 Å². The average molecular weight is 392 g/mol. The van der Waals surface area contributed by atoms with Crippen molar-refractivity contribution in [2.45, 2.75) is 34.0 Å². The minimum atomic E-state index is -1.58. The fourth-order valence-electron chi connectivity index (χ4n) is 3.05. The molecule has 1 aliphatic carbocycles. The number of allylic oxidation sites excluding steroid dienone is 2. The summed E-state index contributed by atoms with van der Waals surface area (Å²) in [6.45, 7) is 4.04. The summed E-state index contributed by atoms with van der Waals surface area (Å²) < 4.78 is 65.2. The summed E-state index contributed by atoms with van der Waals surface area (Å²) in [5.41, 5.74) is -2.13. The van der Waals surface area contributed by atoms with Gasteiger partial charge in [0.15, 0.2) is 23.3 Å². The summed E-state index contributed by atoms with van der Waals surface area (Å²) in [7, 11) is 1.14. The summed E-state index contributed by atoms with van der Waals surface area (Å²) in [6, 6.07) is 0. The molecule has 0 unspecified atom stereocenters. The second-order valence-electron chi connectivity index (χ2n) is 6.60. The Bertz CT molecular complexity index is 694. The number of carbonyl (C=O) groups is 1. The van der Waals surface area contributed by atoms with Crippen molar-refractivity contribution in [3.63, 3.8) is 0 Å². The summed E-state index contributed by atoms with van der Waals surface area (Å²) in [6.07, 6.45) is 3.66. The molecule has 0 spiro atoms. The summed E-state index contributed by atoms with van der Waals surface area (Å²) in [5.74, 6) is 0.566. The second kappa shape index (κ2) is 9.29. The first-order chi connectivity index (χ1) is 12.7. The van der Waals surface area contributed by atoms with E-state index >= 15 is 0 Å². The third-order valence-corrected chi connectivity index (χ3v) is 4.66. The van der Waals surface area contributed by atoms with Crippen LogP contribution in [0.3, 0.4) is 0 Å². The molecular weight excluding hydrogens is 368 g/mol. The Hall–Kier alpha value is -1.97. The van der Waals surface area contributed by atoms with E-state index < -0.39 is 59.5 Å². The Morgan fingerprint density at radius 3 is 1.89 bits per heavy atom. The molecule has 1 saturated carbocycles. The van der Waals surface area contributed by atoms with Crippen molar-refractivity contribution in [2.75, 3.05) is 7.11 Å². The van der Waals surface area contributed by atoms with E-state index in [9.17, 15) is 22.4 Å². The number of carbonyl (C=O) groups excluding carboxylic acids is 1. The number of ether oxygens (including phenoxy) is 2. The van der Waals surface area contributed by atoms with E-state index in [-0.39, 0.29) is 11.3 Å². The predicted molar refractivity (Wildman–Crippen MR) is 90.7 cm³/mol. The van der Waals surface area contributed by atoms with Gasteiger partial charge >= 0.3 is 5.97 Å². The smallest absolute Gasteiger partial charge is 0.310 e. The Balaban J connectivity index is 0.00000176. The Morgan fingerprint density at radius 2 is 1.48 bits per heavy atom. The van der Waals surface area contributed by atoms with Crippen molar-refractivity contribution >= 4 is 5.97 Å². The van der Waals surface area contributed by atoms with Crippen LogP contribution in [0.1, 0.15) is 31.9 Å². The van der Waals surface area contributed by atoms with Crippen LogP contribution in [0.25, 0.3) is 0 Å². The third-order valence-electron chi connectivity index (χ3n) is 4.66. The lowest BCUT2D eigenvalue weighted by atomic mass is 10.1. The van der Waals surface area contributed by atoms with Crippen LogP contribution in [-0.4, -0.2) is 13.1 Å². The van der Waals surface area contributed by atoms with Crippen LogP contribution >= 0.6 is 0 Å². The van der Waals surface area contributed by atoms with E-state index in [1.165, 1.54) is 0 Å². The maximum absolute atomic E-state index is 14.0. The molecule has 1 aromatic carbocycles. The number of hydrogen-bond donors (Lipinski definition) is 2. The van der Waals surface area contributed by atoms with Crippen molar-refractivity contribution in [3.05, 3.63) is 46.5 Å². The molecule has 2 rings (SSSR count). The second-order valence-corrected chi connectivity index (χ2v) is 6.60. The van der Waals surface area contributed by atoms with Crippen LogP contribution in [0.2, 0.25) is 0 Å². The number of methoxy groups -OCH3 is 1. The first kappa shape index (κ1) is 23.1. The minimum Gasteiger partial charge on any atom is -0.460 e. The SMILES string of the molecule is CC=C[C@@H]1[C@@H](C(=O)OCc2c(F)c(F)c(COC)c(F)c2F)C1(C)C.NN. The highest BCUT2D eigenvalue weighted by Gasteiger charge is 2.61. The Labute approximate surface area is 155 Å². The van der Waals surface area contributed by atoms with Gasteiger partial charge in [-0.2, -0.15) is 0 Å². The van der Waals surface area contributed by atoms with Crippen LogP contribution in [-0.2, 0) is 27.5 Å². The molecule has 2 atom stereocenters. The van der Waals surface area contributed by atoms with Gasteiger partial charge in [-0.3, -0.25) is 16.5 Å². The normalized spacial score (nSPS) is 20.2. The van der Waals surface area contributed by atoms with E-state index in [1.807, 2.05) is 26.8 Å². The van der Waals surface area contributed by atoms with Gasteiger partial charge in [-0.25, -0.2) is 17.6 Å². The van der Waals surface area contributed by atoms with Gasteiger partial charge in [-0.1, -0.05) is 26.0 Å². The zero-order chi connectivity index (χ0) is 20.9. The van der Waals surface area contributed by atoms with Crippen molar-refractivity contribution in [2.24, 2.45) is 28.9 Å². The number of nitrogens with two attached hydrogens (primary N) is 2. The fraction of sp³-hybridized carbons (Fsp3) is 0.500. The molecule has 27 heavy (non-hydrogen) atoms. The van der Waals surface area contributed by atoms with Crippen LogP contribution in [0, 0.1) is 40.5 Å². The number of benzene rings is 1. The van der Waals surface area contributed by atoms with Crippen molar-refractivity contribution in [1.29, 1.82) is 0 Å². The maximum Gasteiger partial charge on any atom is 0.310 e. The zero-order valence-electron chi connectivity index (χ0n) is 15.6. The lowest BCUT2D eigenvalue weighted by molar-refractivity contribution is -0.147. The molecule has 0 bridgehead atoms. The number of hydrogen-bond acceptors (Lipinski definition) is 5. The highest BCUT2D eigenvalue weighted by atomic mass is 19.2. The van der Waals surface area contributed by atoms with E-state index in [0.29, 0.717) is 0 Å². The van der Waals surface area contributed by atoms with Crippen LogP contribution in [0.15, 0.2) is 12.2 Å². The topological polar surface area (TPSA) is 87.6 Å². The standard InChI is InChI=1S/C18H20F4O3.H4N2/c1-5-6-11-12(18(11,2)3)17(23)25-8-10-15(21)13(19)9(7-24-4)14(20)16(10)22;1-2/h5-6,11-12H,7-8H2,1-4H3;1-2H2/t11-,12+;/m1./s1. The molecule has 152 valence electrons. The molecular formula is C18H24F4N2O3. The van der Waals surface area contributed by atoms with Gasteiger partial charge in [-0.15, -0.1) is 0 Å². The fourth-order valence-corrected chi connectivity index (χ4v) is 3.05. The van der Waals surface area contributed by atoms with Crippen molar-refractivity contribution < 1.29 is 31.8 Å². The van der Waals surface area contributed by atoms with Gasteiger partial charge in [0.1, 0.15) is 6.61 Å². The lowest BCUT2D eigenvalue weighted by Crippen LogP contribution is -2.15. The van der Waals surface area contributed by atoms with Crippen LogP contribution in [0.4, 0.5) is 17.6 Å². The number of halogens is 4. The van der Waals surface area contributed by atoms with Crippen molar-refractivity contribution in [3.8, 4) is 0 Å². The van der Waals surface area contributed by atoms with Crippen molar-refractivity contribution in [1.82, 2.24) is 0 Å². The molecule has 0 radical (unpaired) electrons. The van der Waals surface area contributed by atoms with Gasteiger partial charge in [0, 0.05) is 7.11 Å². The molecule has 0 amide bonds. The molecule has 0 heterocycles. The Morgan fingerprint density at radius 1 is 1.04 bits per heavy atom. The number of rotatable bonds is 6. The summed E-state index contributed by atoms with van der Waals surface area (Å²) in [5, 5.41) is 0. The average Bonchev–Trinajstić information content (AvgIpc) is 3.19. The molecule has 0 aromatic heterocycles. The molecule has 0 aliphatic heterocycles. The molecule has 1 aromatic rings. The monoisotopic (exact) mass is 392 g/mol. The van der Waals surface area contributed by atoms with Crippen LogP contribution < -0.4 is 11.7 Å². The largest absolute Gasteiger partial charge is 0.460 e. The summed E-state index contributed by atoms with van der Waals surface area (Å²) in [4.78, 5) is 12.1. The molecule has 4 N–H and O–H groups in total. The quantitative estimate of drug-likeness (QED) is 0.194. The molecule has 9 heteroatoms. The maximum atomic E-state index is 14.0. The van der Waals surface area contributed by atoms with Gasteiger partial charge in [0.05, 0.1) is 23.7 Å². The predicted octanol–water partition coefficient (Wildman–Crippen LogP) is 3.10. The van der Waals surface area contributed by atoms with E-state index in [4.69, 9.17) is 4.74 Å². The van der Waals surface area contributed by atoms with E-state index in [0.717, 1.165) is 7.11 Å². The Kier molecular flexibility index (Phi) is 7.94. The van der Waals surface area contributed by atoms with Crippen LogP contribution in [0.5, 0.6) is 0 Å². The van der Waals surface area contributed by atoms with Gasteiger partial charge in [-0.05, 0) is 18.3 Å². The van der Waals surface area contributed by atoms with Gasteiger partial charge in [0.2, 0.25) is 0 Å². The third kappa shape index (κ3) is 4.48. The van der Waals surface area contributed by atoms with Gasteiger partial charge < -0.3 is 9.47 Å². The first-order valence-corrected chi connectivity index (χ1v) is 8.13. The highest BCUT2D eigenvalue weighted by molar-refractivity contribution is 5.78. The zero-order valence-corrected chi connectivity index (χ0v) is 15.6. The highest BCUT2D eigenvalue weighted by Crippen LogP contribution is 2.59. The molecule has 1 fully saturated rings. The molecule has 5 nitrogen and oxygen atoms in total. The minimum absolute atomic E-state index is 0.0442. The summed E-state index contributed by atoms with van der Waals surface area (Å²) >= 11 is 0. The molecule has 0 saturated heterocycles. The molecule has 1 aliphatic rings.